The molecule has 0 saturated carbocycles. The molecule has 144 valence electrons. The fourth-order valence-electron chi connectivity index (χ4n) is 2.38. The number of aromatic hydroxyl groups is 1. The van der Waals surface area contributed by atoms with Crippen LogP contribution in [0.5, 0.6) is 5.75 Å². The van der Waals surface area contributed by atoms with Crippen molar-refractivity contribution in [2.75, 3.05) is 0 Å². The fourth-order valence-corrected chi connectivity index (χ4v) is 2.38. The lowest BCUT2D eigenvalue weighted by atomic mass is 10.2. The monoisotopic (exact) mass is 387 g/mol. The van der Waals surface area contributed by atoms with Crippen molar-refractivity contribution in [2.45, 2.75) is 12.8 Å². The quantitative estimate of drug-likeness (QED) is 0.584. The highest BCUT2D eigenvalue weighted by molar-refractivity contribution is 5.97. The minimum Gasteiger partial charge on any atom is -0.507 e. The third kappa shape index (κ3) is 4.50. The van der Waals surface area contributed by atoms with Crippen molar-refractivity contribution in [1.82, 2.24) is 15.8 Å². The molecule has 3 N–H and O–H groups in total. The first kappa shape index (κ1) is 19.0. The van der Waals surface area contributed by atoms with Gasteiger partial charge in [-0.25, -0.2) is 13.8 Å². The summed E-state index contributed by atoms with van der Waals surface area (Å²) in [6.45, 7) is 0. The maximum absolute atomic E-state index is 13.8. The first-order chi connectivity index (χ1) is 13.4. The van der Waals surface area contributed by atoms with Gasteiger partial charge in [0.25, 0.3) is 5.91 Å². The normalized spacial score (nSPS) is 10.5. The average molecular weight is 387 g/mol. The Morgan fingerprint density at radius 2 is 1.89 bits per heavy atom. The minimum absolute atomic E-state index is 0.0152. The maximum Gasteiger partial charge on any atom is 0.273 e. The van der Waals surface area contributed by atoms with E-state index in [4.69, 9.17) is 4.42 Å². The van der Waals surface area contributed by atoms with Gasteiger partial charge in [0.2, 0.25) is 5.91 Å². The van der Waals surface area contributed by atoms with Crippen LogP contribution in [-0.2, 0) is 11.2 Å². The van der Waals surface area contributed by atoms with Gasteiger partial charge in [0.05, 0.1) is 17.3 Å². The molecule has 0 radical (unpaired) electrons. The Kier molecular flexibility index (Phi) is 5.64. The lowest BCUT2D eigenvalue weighted by molar-refractivity contribution is -0.121. The number of carbonyl (C=O) groups excluding carboxylic acids is 2. The van der Waals surface area contributed by atoms with Gasteiger partial charge < -0.3 is 9.52 Å². The lowest BCUT2D eigenvalue weighted by Gasteiger charge is -2.07. The van der Waals surface area contributed by atoms with E-state index < -0.39 is 23.4 Å². The molecule has 0 saturated heterocycles. The third-order valence-electron chi connectivity index (χ3n) is 3.78. The van der Waals surface area contributed by atoms with E-state index in [1.807, 2.05) is 0 Å². The number of phenols is 1. The molecule has 0 bridgehead atoms. The van der Waals surface area contributed by atoms with Crippen LogP contribution in [0.25, 0.3) is 11.3 Å². The van der Waals surface area contributed by atoms with Gasteiger partial charge in [0.15, 0.2) is 11.7 Å². The van der Waals surface area contributed by atoms with Crippen LogP contribution < -0.4 is 10.9 Å². The van der Waals surface area contributed by atoms with Gasteiger partial charge in [0.1, 0.15) is 17.4 Å². The van der Waals surface area contributed by atoms with Crippen LogP contribution in [0, 0.1) is 11.6 Å². The van der Waals surface area contributed by atoms with Crippen molar-refractivity contribution in [1.29, 1.82) is 0 Å². The summed E-state index contributed by atoms with van der Waals surface area (Å²) in [5.74, 6) is -2.60. The van der Waals surface area contributed by atoms with Gasteiger partial charge in [0, 0.05) is 18.9 Å². The van der Waals surface area contributed by atoms with E-state index in [9.17, 15) is 23.5 Å². The summed E-state index contributed by atoms with van der Waals surface area (Å²) in [5, 5.41) is 9.59. The SMILES string of the molecule is O=C(CCc1ncc(-c2ccc(F)cc2F)o1)NNC(=O)c1ccccc1O. The number of hydrogen-bond acceptors (Lipinski definition) is 5. The summed E-state index contributed by atoms with van der Waals surface area (Å²) in [7, 11) is 0. The predicted molar refractivity (Wildman–Crippen MR) is 93.9 cm³/mol. The van der Waals surface area contributed by atoms with Gasteiger partial charge in [-0.15, -0.1) is 0 Å². The highest BCUT2D eigenvalue weighted by Gasteiger charge is 2.14. The molecule has 2 amide bonds. The molecule has 1 heterocycles. The van der Waals surface area contributed by atoms with Crippen LogP contribution in [0.15, 0.2) is 53.1 Å². The molecule has 9 heteroatoms. The summed E-state index contributed by atoms with van der Waals surface area (Å²) < 4.78 is 32.1. The number of aryl methyl sites for hydroxylation is 1. The second-order valence-electron chi connectivity index (χ2n) is 5.76. The Morgan fingerprint density at radius 3 is 2.64 bits per heavy atom. The predicted octanol–water partition coefficient (Wildman–Crippen LogP) is 2.72. The number of halogens is 2. The van der Waals surface area contributed by atoms with Crippen LogP contribution in [0.1, 0.15) is 22.7 Å². The molecule has 0 fully saturated rings. The average Bonchev–Trinajstić information content (AvgIpc) is 3.13. The van der Waals surface area contributed by atoms with Crippen molar-refractivity contribution in [3.05, 3.63) is 71.8 Å². The van der Waals surface area contributed by atoms with Crippen LogP contribution in [0.4, 0.5) is 8.78 Å². The molecule has 0 spiro atoms. The first-order valence-corrected chi connectivity index (χ1v) is 8.21. The smallest absolute Gasteiger partial charge is 0.273 e. The maximum atomic E-state index is 13.8. The number of benzene rings is 2. The number of oxazole rings is 1. The summed E-state index contributed by atoms with van der Waals surface area (Å²) in [5.41, 5.74) is 4.47. The zero-order valence-electron chi connectivity index (χ0n) is 14.4. The van der Waals surface area contributed by atoms with E-state index in [2.05, 4.69) is 15.8 Å². The standard InChI is InChI=1S/C19H15F2N3O4/c20-11-5-6-12(14(21)9-11)16-10-22-18(28-16)8-7-17(26)23-24-19(27)13-3-1-2-4-15(13)25/h1-6,9-10,25H,7-8H2,(H,23,26)(H,24,27). The number of rotatable bonds is 5. The number of para-hydroxylation sites is 1. The van der Waals surface area contributed by atoms with Crippen molar-refractivity contribution in [3.8, 4) is 17.1 Å². The van der Waals surface area contributed by atoms with Crippen LogP contribution in [0.2, 0.25) is 0 Å². The number of nitrogens with one attached hydrogen (secondary N) is 2. The molecule has 0 aliphatic heterocycles. The summed E-state index contributed by atoms with van der Waals surface area (Å²) in [6.07, 6.45) is 1.32. The largest absolute Gasteiger partial charge is 0.507 e. The Hall–Kier alpha value is -3.75. The highest BCUT2D eigenvalue weighted by Crippen LogP contribution is 2.24. The van der Waals surface area contributed by atoms with E-state index in [1.165, 1.54) is 24.4 Å². The summed E-state index contributed by atoms with van der Waals surface area (Å²) >= 11 is 0. The van der Waals surface area contributed by atoms with E-state index >= 15 is 0 Å². The van der Waals surface area contributed by atoms with Crippen molar-refractivity contribution < 1.29 is 27.9 Å². The molecule has 0 unspecified atom stereocenters. The minimum atomic E-state index is -0.785. The van der Waals surface area contributed by atoms with Gasteiger partial charge in [-0.2, -0.15) is 0 Å². The number of nitrogens with zero attached hydrogens (tertiary/aromatic N) is 1. The zero-order valence-corrected chi connectivity index (χ0v) is 14.4. The molecule has 28 heavy (non-hydrogen) atoms. The fraction of sp³-hybridized carbons (Fsp3) is 0.105. The molecule has 1 aromatic heterocycles. The van der Waals surface area contributed by atoms with E-state index in [0.29, 0.717) is 0 Å². The van der Waals surface area contributed by atoms with Crippen LogP contribution in [-0.4, -0.2) is 21.9 Å². The lowest BCUT2D eigenvalue weighted by Crippen LogP contribution is -2.41. The summed E-state index contributed by atoms with van der Waals surface area (Å²) in [4.78, 5) is 27.7. The number of phenolic OH excluding ortho intramolecular Hbond substituents is 1. The third-order valence-corrected chi connectivity index (χ3v) is 3.78. The second kappa shape index (κ2) is 8.30. The summed E-state index contributed by atoms with van der Waals surface area (Å²) in [6, 6.07) is 8.95. The highest BCUT2D eigenvalue weighted by atomic mass is 19.1. The molecular formula is C19H15F2N3O4. The van der Waals surface area contributed by atoms with E-state index in [0.717, 1.165) is 12.1 Å². The van der Waals surface area contributed by atoms with Crippen LogP contribution >= 0.6 is 0 Å². The molecule has 0 aliphatic carbocycles. The van der Waals surface area contributed by atoms with Gasteiger partial charge >= 0.3 is 0 Å². The van der Waals surface area contributed by atoms with Crippen LogP contribution in [0.3, 0.4) is 0 Å². The molecule has 7 nitrogen and oxygen atoms in total. The van der Waals surface area contributed by atoms with Gasteiger partial charge in [-0.3, -0.25) is 20.4 Å². The molecule has 0 aliphatic rings. The first-order valence-electron chi connectivity index (χ1n) is 8.21. The molecule has 0 atom stereocenters. The second-order valence-corrected chi connectivity index (χ2v) is 5.76. The zero-order chi connectivity index (χ0) is 20.1. The van der Waals surface area contributed by atoms with Gasteiger partial charge in [-0.05, 0) is 24.3 Å². The molecular weight excluding hydrogens is 372 g/mol. The Labute approximate surface area is 158 Å². The molecule has 3 aromatic rings. The molecule has 3 rings (SSSR count). The van der Waals surface area contributed by atoms with E-state index in [-0.39, 0.29) is 41.4 Å². The molecule has 2 aromatic carbocycles. The number of carbonyl (C=O) groups is 2. The Bertz CT molecular complexity index is 1020. The van der Waals surface area contributed by atoms with Gasteiger partial charge in [-0.1, -0.05) is 12.1 Å². The number of hydrogen-bond donors (Lipinski definition) is 3. The Balaban J connectivity index is 1.52. The van der Waals surface area contributed by atoms with Crippen molar-refractivity contribution in [3.63, 3.8) is 0 Å². The Morgan fingerprint density at radius 1 is 1.11 bits per heavy atom. The van der Waals surface area contributed by atoms with Crippen molar-refractivity contribution >= 4 is 11.8 Å². The van der Waals surface area contributed by atoms with E-state index in [1.54, 1.807) is 12.1 Å². The van der Waals surface area contributed by atoms with Crippen molar-refractivity contribution in [2.24, 2.45) is 0 Å². The number of amides is 2. The topological polar surface area (TPSA) is 104 Å². The number of aromatic nitrogens is 1. The number of hydrazine groups is 1.